The fourth-order valence-electron chi connectivity index (χ4n) is 2.87. The molecule has 2 heterocycles. The smallest absolute Gasteiger partial charge is 0.237 e. The summed E-state index contributed by atoms with van der Waals surface area (Å²) in [5.41, 5.74) is 5.49. The lowest BCUT2D eigenvalue weighted by atomic mass is 10.2. The lowest BCUT2D eigenvalue weighted by molar-refractivity contribution is 0.542. The summed E-state index contributed by atoms with van der Waals surface area (Å²) in [6.45, 7) is 7.78. The van der Waals surface area contributed by atoms with Crippen LogP contribution in [0.25, 0.3) is 5.69 Å². The Balaban J connectivity index is 2.00. The minimum atomic E-state index is 0.355. The number of aliphatic imine (C=N–C) groups is 1. The predicted molar refractivity (Wildman–Crippen MR) is 100 cm³/mol. The molecule has 25 heavy (non-hydrogen) atoms. The van der Waals surface area contributed by atoms with Gasteiger partial charge in [-0.3, -0.25) is 0 Å². The van der Waals surface area contributed by atoms with Gasteiger partial charge in [-0.25, -0.2) is 4.99 Å². The summed E-state index contributed by atoms with van der Waals surface area (Å²) in [6.07, 6.45) is 1.74. The topological polar surface area (TPSA) is 54.2 Å². The van der Waals surface area contributed by atoms with Crippen molar-refractivity contribution in [2.45, 2.75) is 27.7 Å². The van der Waals surface area contributed by atoms with Crippen LogP contribution in [-0.2, 0) is 0 Å². The highest BCUT2D eigenvalue weighted by Crippen LogP contribution is 2.28. The first-order valence-corrected chi connectivity index (χ1v) is 8.29. The molecule has 4 nitrogen and oxygen atoms in total. The SMILES string of the molecule is Cc1oc(N=Cc2cc(C)n(-c3ccc(Cl)cc3)c2C)c(C#N)c1C. The van der Waals surface area contributed by atoms with E-state index in [1.54, 1.807) is 6.21 Å². The van der Waals surface area contributed by atoms with Crippen molar-refractivity contribution in [1.82, 2.24) is 4.57 Å². The summed E-state index contributed by atoms with van der Waals surface area (Å²) in [7, 11) is 0. The number of aromatic nitrogens is 1. The zero-order chi connectivity index (χ0) is 18.1. The summed E-state index contributed by atoms with van der Waals surface area (Å²) in [5.74, 6) is 1.07. The molecule has 0 saturated carbocycles. The Morgan fingerprint density at radius 2 is 1.84 bits per heavy atom. The van der Waals surface area contributed by atoms with E-state index in [0.29, 0.717) is 16.5 Å². The number of aryl methyl sites for hydroxylation is 2. The second-order valence-electron chi connectivity index (χ2n) is 5.97. The molecule has 3 aromatic rings. The van der Waals surface area contributed by atoms with Gasteiger partial charge in [-0.05, 0) is 58.0 Å². The first-order valence-electron chi connectivity index (χ1n) is 7.91. The van der Waals surface area contributed by atoms with Crippen LogP contribution >= 0.6 is 11.6 Å². The zero-order valence-electron chi connectivity index (χ0n) is 14.6. The van der Waals surface area contributed by atoms with Gasteiger partial charge in [0.25, 0.3) is 0 Å². The molecule has 0 N–H and O–H groups in total. The normalized spacial score (nSPS) is 11.2. The largest absolute Gasteiger partial charge is 0.442 e. The van der Waals surface area contributed by atoms with Gasteiger partial charge < -0.3 is 8.98 Å². The molecule has 0 aliphatic heterocycles. The fraction of sp³-hybridized carbons (Fsp3) is 0.200. The first kappa shape index (κ1) is 17.1. The summed E-state index contributed by atoms with van der Waals surface area (Å²) in [4.78, 5) is 4.40. The van der Waals surface area contributed by atoms with E-state index in [2.05, 4.69) is 21.7 Å². The molecule has 0 spiro atoms. The van der Waals surface area contributed by atoms with Crippen molar-refractivity contribution in [3.63, 3.8) is 0 Å². The Morgan fingerprint density at radius 1 is 1.16 bits per heavy atom. The Bertz CT molecular complexity index is 1000. The molecule has 0 bridgehead atoms. The molecule has 0 aliphatic carbocycles. The van der Waals surface area contributed by atoms with E-state index in [1.807, 2.05) is 52.0 Å². The van der Waals surface area contributed by atoms with Crippen molar-refractivity contribution in [1.29, 1.82) is 5.26 Å². The maximum atomic E-state index is 9.28. The van der Waals surface area contributed by atoms with E-state index in [9.17, 15) is 5.26 Å². The van der Waals surface area contributed by atoms with Gasteiger partial charge in [0.2, 0.25) is 5.88 Å². The number of hydrogen-bond acceptors (Lipinski definition) is 3. The number of hydrogen-bond donors (Lipinski definition) is 0. The van der Waals surface area contributed by atoms with Crippen LogP contribution in [0.2, 0.25) is 5.02 Å². The van der Waals surface area contributed by atoms with Crippen molar-refractivity contribution < 1.29 is 4.42 Å². The average molecular weight is 352 g/mol. The summed E-state index contributed by atoms with van der Waals surface area (Å²) in [5, 5.41) is 9.99. The van der Waals surface area contributed by atoms with E-state index >= 15 is 0 Å². The molecule has 126 valence electrons. The average Bonchev–Trinajstić information content (AvgIpc) is 3.02. The highest BCUT2D eigenvalue weighted by Gasteiger charge is 2.14. The lowest BCUT2D eigenvalue weighted by Gasteiger charge is -2.09. The van der Waals surface area contributed by atoms with Crippen LogP contribution in [0.3, 0.4) is 0 Å². The van der Waals surface area contributed by atoms with E-state index in [-0.39, 0.29) is 0 Å². The third kappa shape index (κ3) is 3.11. The Hall–Kier alpha value is -2.77. The molecule has 0 unspecified atom stereocenters. The van der Waals surface area contributed by atoms with Crippen molar-refractivity contribution >= 4 is 23.7 Å². The van der Waals surface area contributed by atoms with Gasteiger partial charge in [0.1, 0.15) is 17.4 Å². The highest BCUT2D eigenvalue weighted by molar-refractivity contribution is 6.30. The van der Waals surface area contributed by atoms with Gasteiger partial charge in [-0.1, -0.05) is 11.6 Å². The van der Waals surface area contributed by atoms with Gasteiger partial charge >= 0.3 is 0 Å². The molecule has 2 aromatic heterocycles. The van der Waals surface area contributed by atoms with Crippen LogP contribution in [0.4, 0.5) is 5.88 Å². The van der Waals surface area contributed by atoms with Crippen LogP contribution in [-0.4, -0.2) is 10.8 Å². The fourth-order valence-corrected chi connectivity index (χ4v) is 2.99. The Kier molecular flexibility index (Phi) is 4.52. The number of furan rings is 1. The maximum Gasteiger partial charge on any atom is 0.237 e. The second kappa shape index (κ2) is 6.62. The molecule has 0 amide bonds. The number of benzene rings is 1. The number of nitrogens with zero attached hydrogens (tertiary/aromatic N) is 3. The van der Waals surface area contributed by atoms with Crippen molar-refractivity contribution in [3.8, 4) is 11.8 Å². The molecule has 5 heteroatoms. The standard InChI is InChI=1S/C20H18ClN3O/c1-12-9-16(11-23-20-19(10-22)13(2)15(4)25-20)14(3)24(12)18-7-5-17(21)6-8-18/h5-9,11H,1-4H3. The van der Waals surface area contributed by atoms with Crippen LogP contribution in [0.15, 0.2) is 39.7 Å². The van der Waals surface area contributed by atoms with Crippen LogP contribution < -0.4 is 0 Å². The summed E-state index contributed by atoms with van der Waals surface area (Å²) < 4.78 is 7.73. The van der Waals surface area contributed by atoms with E-state index in [4.69, 9.17) is 16.0 Å². The molecule has 0 aliphatic rings. The van der Waals surface area contributed by atoms with Gasteiger partial charge in [0, 0.05) is 39.4 Å². The predicted octanol–water partition coefficient (Wildman–Crippen LogP) is 5.58. The quantitative estimate of drug-likeness (QED) is 0.578. The molecule has 0 saturated heterocycles. The molecule has 0 fully saturated rings. The van der Waals surface area contributed by atoms with Gasteiger partial charge in [-0.15, -0.1) is 0 Å². The molecule has 1 aromatic carbocycles. The van der Waals surface area contributed by atoms with Crippen molar-refractivity contribution in [2.75, 3.05) is 0 Å². The highest BCUT2D eigenvalue weighted by atomic mass is 35.5. The summed E-state index contributed by atoms with van der Waals surface area (Å²) in [6, 6.07) is 11.9. The Morgan fingerprint density at radius 3 is 2.48 bits per heavy atom. The molecule has 3 rings (SSSR count). The monoisotopic (exact) mass is 351 g/mol. The number of nitriles is 1. The molecule has 0 radical (unpaired) electrons. The second-order valence-corrected chi connectivity index (χ2v) is 6.41. The van der Waals surface area contributed by atoms with Crippen LogP contribution in [0.1, 0.15) is 33.8 Å². The van der Waals surface area contributed by atoms with Gasteiger partial charge in [-0.2, -0.15) is 5.26 Å². The van der Waals surface area contributed by atoms with Crippen molar-refractivity contribution in [3.05, 3.63) is 69.2 Å². The maximum absolute atomic E-state index is 9.28. The van der Waals surface area contributed by atoms with Crippen LogP contribution in [0, 0.1) is 39.0 Å². The third-order valence-electron chi connectivity index (χ3n) is 4.35. The molecular weight excluding hydrogens is 334 g/mol. The molecular formula is C20H18ClN3O. The minimum absolute atomic E-state index is 0.355. The third-order valence-corrected chi connectivity index (χ3v) is 4.61. The van der Waals surface area contributed by atoms with Gasteiger partial charge in [0.15, 0.2) is 0 Å². The minimum Gasteiger partial charge on any atom is -0.442 e. The van der Waals surface area contributed by atoms with Crippen LogP contribution in [0.5, 0.6) is 0 Å². The summed E-state index contributed by atoms with van der Waals surface area (Å²) >= 11 is 5.98. The zero-order valence-corrected chi connectivity index (χ0v) is 15.3. The Labute approximate surface area is 152 Å². The van der Waals surface area contributed by atoms with Gasteiger partial charge in [0.05, 0.1) is 0 Å². The van der Waals surface area contributed by atoms with E-state index in [1.165, 1.54) is 0 Å². The number of halogens is 1. The van der Waals surface area contributed by atoms with E-state index < -0.39 is 0 Å². The van der Waals surface area contributed by atoms with Crippen molar-refractivity contribution in [2.24, 2.45) is 4.99 Å². The molecule has 0 atom stereocenters. The lowest BCUT2D eigenvalue weighted by Crippen LogP contribution is -1.99. The van der Waals surface area contributed by atoms with E-state index in [0.717, 1.165) is 34.0 Å². The first-order chi connectivity index (χ1) is 11.9. The number of rotatable bonds is 3.